The fourth-order valence-electron chi connectivity index (χ4n) is 4.78. The van der Waals surface area contributed by atoms with Gasteiger partial charge in [-0.05, 0) is 68.7 Å². The van der Waals surface area contributed by atoms with Crippen molar-refractivity contribution in [1.29, 1.82) is 0 Å². The molecule has 4 rings (SSSR count). The van der Waals surface area contributed by atoms with Gasteiger partial charge in [0.1, 0.15) is 0 Å². The summed E-state index contributed by atoms with van der Waals surface area (Å²) in [5, 5.41) is 6.05. The highest BCUT2D eigenvalue weighted by molar-refractivity contribution is 6.36. The second-order valence-electron chi connectivity index (χ2n) is 8.91. The Morgan fingerprint density at radius 2 is 1.77 bits per heavy atom. The van der Waals surface area contributed by atoms with Gasteiger partial charge >= 0.3 is 0 Å². The summed E-state index contributed by atoms with van der Waals surface area (Å²) in [7, 11) is 0. The summed E-state index contributed by atoms with van der Waals surface area (Å²) in [4.78, 5) is 31.6. The highest BCUT2D eigenvalue weighted by atomic mass is 16.2. The highest BCUT2D eigenvalue weighted by Crippen LogP contribution is 2.40. The fourth-order valence-corrected chi connectivity index (χ4v) is 4.78. The molecule has 2 amide bonds. The molecular weight excluding hydrogens is 436 g/mol. The Balaban J connectivity index is 1.60. The van der Waals surface area contributed by atoms with Crippen LogP contribution in [0.1, 0.15) is 53.1 Å². The van der Waals surface area contributed by atoms with Crippen molar-refractivity contribution in [2.24, 2.45) is 0 Å². The van der Waals surface area contributed by atoms with Crippen LogP contribution in [0.15, 0.2) is 48.5 Å². The molecule has 1 aliphatic rings. The molecule has 0 radical (unpaired) electrons. The SMILES string of the molecule is CCN(CC)CCCNC(=O)c1c(C)[nH]c(C=C2C(=O)Nc3cccc(-c4ccccc4)c32)c1C. The molecule has 2 aromatic carbocycles. The number of carbonyl (C=O) groups excluding carboxylic acids is 2. The van der Waals surface area contributed by atoms with Crippen LogP contribution in [0.2, 0.25) is 0 Å². The van der Waals surface area contributed by atoms with Crippen molar-refractivity contribution in [3.05, 3.63) is 76.6 Å². The van der Waals surface area contributed by atoms with Gasteiger partial charge in [0.2, 0.25) is 0 Å². The summed E-state index contributed by atoms with van der Waals surface area (Å²) in [6, 6.07) is 16.0. The molecule has 0 spiro atoms. The summed E-state index contributed by atoms with van der Waals surface area (Å²) in [5.41, 5.74) is 7.39. The number of aromatic nitrogens is 1. The lowest BCUT2D eigenvalue weighted by Crippen LogP contribution is -2.30. The van der Waals surface area contributed by atoms with Crippen LogP contribution in [0, 0.1) is 13.8 Å². The third-order valence-electron chi connectivity index (χ3n) is 6.73. The van der Waals surface area contributed by atoms with Gasteiger partial charge in [-0.25, -0.2) is 0 Å². The standard InChI is InChI=1S/C29H34N4O2/c1-5-33(6-2)17-11-16-30-29(35)26-19(3)25(31-20(26)4)18-23-27-22(21-12-8-7-9-13-21)14-10-15-24(27)32-28(23)34/h7-10,12-15,18,31H,5-6,11,16-17H2,1-4H3,(H,30,35)(H,32,34). The first kappa shape index (κ1) is 24.5. The molecule has 0 saturated carbocycles. The summed E-state index contributed by atoms with van der Waals surface area (Å²) in [5.74, 6) is -0.223. The Labute approximate surface area is 207 Å². The van der Waals surface area contributed by atoms with Crippen LogP contribution in [0.25, 0.3) is 22.8 Å². The number of fused-ring (bicyclic) bond motifs is 1. The molecule has 6 heteroatoms. The van der Waals surface area contributed by atoms with Gasteiger partial charge in [-0.1, -0.05) is 56.3 Å². The van der Waals surface area contributed by atoms with E-state index in [1.165, 1.54) is 0 Å². The molecule has 0 atom stereocenters. The van der Waals surface area contributed by atoms with Crippen LogP contribution in [0.4, 0.5) is 5.69 Å². The topological polar surface area (TPSA) is 77.2 Å². The normalized spacial score (nSPS) is 13.9. The van der Waals surface area contributed by atoms with E-state index in [4.69, 9.17) is 0 Å². The first-order valence-electron chi connectivity index (χ1n) is 12.4. The van der Waals surface area contributed by atoms with Crippen molar-refractivity contribution in [2.75, 3.05) is 31.5 Å². The number of rotatable bonds is 9. The average Bonchev–Trinajstić information content (AvgIpc) is 3.34. The van der Waals surface area contributed by atoms with Crippen LogP contribution < -0.4 is 10.6 Å². The Kier molecular flexibility index (Phi) is 7.51. The number of amides is 2. The van der Waals surface area contributed by atoms with Gasteiger partial charge in [0.25, 0.3) is 11.8 Å². The van der Waals surface area contributed by atoms with Gasteiger partial charge in [-0.2, -0.15) is 0 Å². The largest absolute Gasteiger partial charge is 0.358 e. The Morgan fingerprint density at radius 3 is 2.49 bits per heavy atom. The van der Waals surface area contributed by atoms with Crippen molar-refractivity contribution in [3.8, 4) is 11.1 Å². The highest BCUT2D eigenvalue weighted by Gasteiger charge is 2.28. The Bertz CT molecular complexity index is 1250. The van der Waals surface area contributed by atoms with E-state index in [2.05, 4.69) is 34.4 Å². The van der Waals surface area contributed by atoms with Crippen LogP contribution in [0.5, 0.6) is 0 Å². The average molecular weight is 471 g/mol. The van der Waals surface area contributed by atoms with E-state index in [0.29, 0.717) is 17.7 Å². The number of nitrogens with zero attached hydrogens (tertiary/aromatic N) is 1. The third-order valence-corrected chi connectivity index (χ3v) is 6.73. The molecule has 0 fully saturated rings. The number of nitrogens with one attached hydrogen (secondary N) is 3. The first-order valence-corrected chi connectivity index (χ1v) is 12.4. The van der Waals surface area contributed by atoms with E-state index >= 15 is 0 Å². The maximum absolute atomic E-state index is 13.0. The molecule has 1 aliphatic heterocycles. The zero-order chi connectivity index (χ0) is 24.9. The number of aromatic amines is 1. The lowest BCUT2D eigenvalue weighted by atomic mass is 9.94. The number of anilines is 1. The monoisotopic (exact) mass is 470 g/mol. The van der Waals surface area contributed by atoms with Crippen molar-refractivity contribution in [3.63, 3.8) is 0 Å². The van der Waals surface area contributed by atoms with Crippen LogP contribution in [-0.4, -0.2) is 47.9 Å². The number of carbonyl (C=O) groups is 2. The predicted octanol–water partition coefficient (Wildman–Crippen LogP) is 5.25. The van der Waals surface area contributed by atoms with Crippen LogP contribution >= 0.6 is 0 Å². The van der Waals surface area contributed by atoms with E-state index in [1.54, 1.807) is 0 Å². The van der Waals surface area contributed by atoms with Gasteiger partial charge in [-0.3, -0.25) is 9.59 Å². The zero-order valence-corrected chi connectivity index (χ0v) is 21.0. The molecule has 1 aromatic heterocycles. The van der Waals surface area contributed by atoms with E-state index in [-0.39, 0.29) is 11.8 Å². The number of hydrogen-bond donors (Lipinski definition) is 3. The summed E-state index contributed by atoms with van der Waals surface area (Å²) < 4.78 is 0. The van der Waals surface area contributed by atoms with Gasteiger partial charge < -0.3 is 20.5 Å². The minimum atomic E-state index is -0.141. The van der Waals surface area contributed by atoms with Gasteiger partial charge in [0.05, 0.1) is 11.1 Å². The number of hydrogen-bond acceptors (Lipinski definition) is 3. The zero-order valence-electron chi connectivity index (χ0n) is 21.0. The van der Waals surface area contributed by atoms with E-state index in [0.717, 1.165) is 65.4 Å². The Morgan fingerprint density at radius 1 is 1.03 bits per heavy atom. The summed E-state index contributed by atoms with van der Waals surface area (Å²) >= 11 is 0. The molecule has 3 aromatic rings. The lowest BCUT2D eigenvalue weighted by molar-refractivity contribution is -0.110. The van der Waals surface area contributed by atoms with E-state index < -0.39 is 0 Å². The molecule has 35 heavy (non-hydrogen) atoms. The molecule has 0 bridgehead atoms. The van der Waals surface area contributed by atoms with Crippen molar-refractivity contribution in [2.45, 2.75) is 34.1 Å². The second kappa shape index (κ2) is 10.7. The smallest absolute Gasteiger partial charge is 0.256 e. The molecule has 0 aliphatic carbocycles. The van der Waals surface area contributed by atoms with Crippen molar-refractivity contribution < 1.29 is 9.59 Å². The quantitative estimate of drug-likeness (QED) is 0.295. The maximum atomic E-state index is 13.0. The van der Waals surface area contributed by atoms with Crippen molar-refractivity contribution in [1.82, 2.24) is 15.2 Å². The van der Waals surface area contributed by atoms with E-state index in [9.17, 15) is 9.59 Å². The number of H-pyrrole nitrogens is 1. The molecule has 0 unspecified atom stereocenters. The van der Waals surface area contributed by atoms with Crippen molar-refractivity contribution >= 4 is 29.2 Å². The third kappa shape index (κ3) is 5.08. The first-order chi connectivity index (χ1) is 16.9. The molecule has 0 saturated heterocycles. The molecule has 3 N–H and O–H groups in total. The molecule has 6 nitrogen and oxygen atoms in total. The molecular formula is C29H34N4O2. The number of benzene rings is 2. The minimum absolute atomic E-state index is 0.0818. The van der Waals surface area contributed by atoms with Crippen LogP contribution in [-0.2, 0) is 4.79 Å². The summed E-state index contributed by atoms with van der Waals surface area (Å²) in [6.07, 6.45) is 2.78. The Hall–Kier alpha value is -3.64. The fraction of sp³-hybridized carbons (Fsp3) is 0.310. The molecule has 182 valence electrons. The van der Waals surface area contributed by atoms with Gasteiger partial charge in [-0.15, -0.1) is 0 Å². The lowest BCUT2D eigenvalue weighted by Gasteiger charge is -2.17. The van der Waals surface area contributed by atoms with E-state index in [1.807, 2.05) is 68.5 Å². The van der Waals surface area contributed by atoms with Gasteiger partial charge in [0.15, 0.2) is 0 Å². The molecule has 2 heterocycles. The predicted molar refractivity (Wildman–Crippen MR) is 143 cm³/mol. The minimum Gasteiger partial charge on any atom is -0.358 e. The number of aryl methyl sites for hydroxylation is 1. The summed E-state index contributed by atoms with van der Waals surface area (Å²) in [6.45, 7) is 11.8. The second-order valence-corrected chi connectivity index (χ2v) is 8.91. The maximum Gasteiger partial charge on any atom is 0.256 e. The van der Waals surface area contributed by atoms with Crippen LogP contribution in [0.3, 0.4) is 0 Å². The van der Waals surface area contributed by atoms with Gasteiger partial charge in [0, 0.05) is 29.2 Å².